The average molecular weight is 179 g/mol. The van der Waals surface area contributed by atoms with Crippen molar-refractivity contribution in [1.82, 2.24) is 0 Å². The molecule has 0 radical (unpaired) electrons. The predicted molar refractivity (Wildman–Crippen MR) is 36.2 cm³/mol. The molecule has 0 unspecified atom stereocenters. The van der Waals surface area contributed by atoms with E-state index in [0.29, 0.717) is 0 Å². The number of nitro benzene ring substituents is 1. The quantitative estimate of drug-likeness (QED) is 0.258. The van der Waals surface area contributed by atoms with Crippen LogP contribution in [0.1, 0.15) is 0 Å². The third kappa shape index (κ3) is 3.68. The molecule has 12 heavy (non-hydrogen) atoms. The van der Waals surface area contributed by atoms with Crippen LogP contribution in [0, 0.1) is 10.1 Å². The molecule has 0 aliphatic carbocycles. The number of rotatable bonds is 1. The monoisotopic (exact) mass is 179 g/mol. The molecule has 0 saturated carbocycles. The minimum Gasteiger partial charge on any atom is -0.872 e. The zero-order valence-corrected chi connectivity index (χ0v) is 8.48. The molecule has 0 bridgehead atoms. The van der Waals surface area contributed by atoms with Gasteiger partial charge in [0.15, 0.2) is 0 Å². The van der Waals surface area contributed by atoms with Crippen molar-refractivity contribution >= 4 is 5.69 Å². The Hall–Kier alpha value is -0.620. The summed E-state index contributed by atoms with van der Waals surface area (Å²) in [5.41, 5.74) is -0.0559. The van der Waals surface area contributed by atoms with Gasteiger partial charge in [0.1, 0.15) is 0 Å². The molecule has 6 heteroatoms. The van der Waals surface area contributed by atoms with Crippen molar-refractivity contribution in [2.75, 3.05) is 0 Å². The van der Waals surface area contributed by atoms with E-state index in [-0.39, 0.29) is 46.5 Å². The topological polar surface area (TPSA) is 97.7 Å². The Bertz CT molecular complexity index is 248. The van der Waals surface area contributed by atoms with E-state index in [1.165, 1.54) is 12.1 Å². The van der Waals surface area contributed by atoms with Gasteiger partial charge >= 0.3 is 29.6 Å². The van der Waals surface area contributed by atoms with Crippen LogP contribution < -0.4 is 34.7 Å². The second-order valence-corrected chi connectivity index (χ2v) is 1.75. The molecule has 0 aliphatic heterocycles. The Balaban J connectivity index is 0. The first-order valence-electron chi connectivity index (χ1n) is 2.61. The van der Waals surface area contributed by atoms with Crippen molar-refractivity contribution in [2.45, 2.75) is 0 Å². The van der Waals surface area contributed by atoms with Crippen LogP contribution in [-0.2, 0) is 0 Å². The molecule has 2 N–H and O–H groups in total. The molecule has 1 aromatic carbocycles. The largest absolute Gasteiger partial charge is 1.00 e. The van der Waals surface area contributed by atoms with Gasteiger partial charge in [0.2, 0.25) is 0 Å². The number of nitrogens with zero attached hydrogens (tertiary/aromatic N) is 1. The maximum atomic E-state index is 10.4. The predicted octanol–water partition coefficient (Wildman–Crippen LogP) is -3.15. The molecular weight excluding hydrogens is 173 g/mol. The molecule has 1 aromatic rings. The smallest absolute Gasteiger partial charge is 0.872 e. The summed E-state index contributed by atoms with van der Waals surface area (Å²) in [7, 11) is 0. The molecule has 0 heterocycles. The van der Waals surface area contributed by atoms with Gasteiger partial charge in [-0.3, -0.25) is 10.1 Å². The van der Waals surface area contributed by atoms with Gasteiger partial charge < -0.3 is 10.6 Å². The number of nitro groups is 1. The summed E-state index contributed by atoms with van der Waals surface area (Å²) in [6, 6.07) is 4.70. The second-order valence-electron chi connectivity index (χ2n) is 1.75. The Labute approximate surface area is 90.8 Å². The summed E-state index contributed by atoms with van der Waals surface area (Å²) in [6.07, 6.45) is 0. The number of hydrogen-bond acceptors (Lipinski definition) is 3. The van der Waals surface area contributed by atoms with Crippen molar-refractivity contribution in [3.05, 3.63) is 34.4 Å². The standard InChI is InChI=1S/C6H5NO3.Na.H2O/c8-6-3-1-5(2-4-6)7(9)10;;/h1-4,8H;;1H2/q;+1;/p-1. The first-order valence-corrected chi connectivity index (χ1v) is 2.61. The fraction of sp³-hybridized carbons (Fsp3) is 0. The summed E-state index contributed by atoms with van der Waals surface area (Å²) in [6.45, 7) is 0. The van der Waals surface area contributed by atoms with Crippen LogP contribution in [0.2, 0.25) is 0 Å². The molecule has 0 fully saturated rings. The summed E-state index contributed by atoms with van der Waals surface area (Å²) in [5, 5.41) is 20.4. The normalized spacial score (nSPS) is 7.67. The Morgan fingerprint density at radius 3 is 1.92 bits per heavy atom. The first kappa shape index (κ1) is 13.9. The van der Waals surface area contributed by atoms with Gasteiger partial charge in [-0.2, -0.15) is 0 Å². The molecule has 0 amide bonds. The number of benzene rings is 1. The van der Waals surface area contributed by atoms with Crippen LogP contribution in [0.4, 0.5) is 5.69 Å². The molecule has 0 atom stereocenters. The zero-order valence-electron chi connectivity index (χ0n) is 6.48. The molecule has 60 valence electrons. The van der Waals surface area contributed by atoms with E-state index >= 15 is 0 Å². The van der Waals surface area contributed by atoms with E-state index in [1.807, 2.05) is 0 Å². The number of non-ortho nitro benzene ring substituents is 1. The minimum atomic E-state index is -0.542. The zero-order chi connectivity index (χ0) is 7.56. The van der Waals surface area contributed by atoms with Gasteiger partial charge in [0.05, 0.1) is 4.92 Å². The molecular formula is C6H6NNaO4. The van der Waals surface area contributed by atoms with Crippen molar-refractivity contribution in [3.8, 4) is 5.75 Å². The summed E-state index contributed by atoms with van der Waals surface area (Å²) in [5.74, 6) is -0.217. The minimum absolute atomic E-state index is 0. The molecule has 0 aromatic heterocycles. The second kappa shape index (κ2) is 5.96. The van der Waals surface area contributed by atoms with Crippen LogP contribution >= 0.6 is 0 Å². The van der Waals surface area contributed by atoms with E-state index in [9.17, 15) is 15.2 Å². The van der Waals surface area contributed by atoms with Crippen molar-refractivity contribution in [3.63, 3.8) is 0 Å². The SMILES string of the molecule is O.O=[N+]([O-])c1ccc([O-])cc1.[Na+]. The van der Waals surface area contributed by atoms with Crippen molar-refractivity contribution in [2.24, 2.45) is 0 Å². The Morgan fingerprint density at radius 1 is 1.17 bits per heavy atom. The molecule has 1 rings (SSSR count). The Morgan fingerprint density at radius 2 is 1.58 bits per heavy atom. The number of hydrogen-bond donors (Lipinski definition) is 0. The van der Waals surface area contributed by atoms with Gasteiger partial charge in [-0.25, -0.2) is 0 Å². The van der Waals surface area contributed by atoms with Gasteiger partial charge in [-0.05, 0) is 0 Å². The summed E-state index contributed by atoms with van der Waals surface area (Å²) in [4.78, 5) is 9.47. The van der Waals surface area contributed by atoms with Gasteiger partial charge in [0.25, 0.3) is 5.69 Å². The van der Waals surface area contributed by atoms with Crippen molar-refractivity contribution in [1.29, 1.82) is 0 Å². The molecule has 0 spiro atoms. The van der Waals surface area contributed by atoms with Crippen LogP contribution in [0.3, 0.4) is 0 Å². The maximum absolute atomic E-state index is 10.4. The van der Waals surface area contributed by atoms with Crippen LogP contribution in [0.5, 0.6) is 5.75 Å². The van der Waals surface area contributed by atoms with Gasteiger partial charge in [0, 0.05) is 12.1 Å². The summed E-state index contributed by atoms with van der Waals surface area (Å²) >= 11 is 0. The fourth-order valence-corrected chi connectivity index (χ4v) is 0.568. The van der Waals surface area contributed by atoms with Gasteiger partial charge in [-0.1, -0.05) is 12.1 Å². The first-order chi connectivity index (χ1) is 4.70. The summed E-state index contributed by atoms with van der Waals surface area (Å²) < 4.78 is 0. The van der Waals surface area contributed by atoms with Crippen molar-refractivity contribution < 1.29 is 45.1 Å². The van der Waals surface area contributed by atoms with Crippen LogP contribution in [-0.4, -0.2) is 10.4 Å². The average Bonchev–Trinajstić information content (AvgIpc) is 1.88. The van der Waals surface area contributed by atoms with Crippen LogP contribution in [0.25, 0.3) is 0 Å². The molecule has 5 nitrogen and oxygen atoms in total. The van der Waals surface area contributed by atoms with E-state index in [0.717, 1.165) is 12.1 Å². The fourth-order valence-electron chi connectivity index (χ4n) is 0.568. The maximum Gasteiger partial charge on any atom is 1.00 e. The third-order valence-corrected chi connectivity index (χ3v) is 1.05. The van der Waals surface area contributed by atoms with E-state index in [4.69, 9.17) is 0 Å². The van der Waals surface area contributed by atoms with E-state index in [1.54, 1.807) is 0 Å². The third-order valence-electron chi connectivity index (χ3n) is 1.05. The van der Waals surface area contributed by atoms with Gasteiger partial charge in [-0.15, -0.1) is 5.75 Å². The Kier molecular flexibility index (Phi) is 6.92. The van der Waals surface area contributed by atoms with E-state index < -0.39 is 4.92 Å². The van der Waals surface area contributed by atoms with Crippen LogP contribution in [0.15, 0.2) is 24.3 Å². The van der Waals surface area contributed by atoms with E-state index in [2.05, 4.69) is 0 Å². The molecule has 0 aliphatic rings. The molecule has 0 saturated heterocycles.